The molecule has 1 aromatic rings. The van der Waals surface area contributed by atoms with Gasteiger partial charge in [-0.25, -0.2) is 14.2 Å². The number of aryl methyl sites for hydroxylation is 1. The van der Waals surface area contributed by atoms with Crippen LogP contribution in [0.15, 0.2) is 47.1 Å². The normalized spacial score (nSPS) is 29.4. The molecule has 6 atom stereocenters. The Morgan fingerprint density at radius 3 is 1.67 bits per heavy atom. The van der Waals surface area contributed by atoms with Crippen molar-refractivity contribution in [3.05, 3.63) is 52.6 Å². The number of halogens is 2. The molecule has 0 spiro atoms. The summed E-state index contributed by atoms with van der Waals surface area (Å²) in [5.41, 5.74) is 3.36. The largest absolute Gasteiger partial charge is 1.00 e. The molecule has 242 valence electrons. The molecule has 1 N–H and O–H groups in total. The molecule has 1 aromatic heterocycles. The zero-order chi connectivity index (χ0) is 30.0. The summed E-state index contributed by atoms with van der Waals surface area (Å²) < 4.78 is 14.7. The highest BCUT2D eigenvalue weighted by Gasteiger charge is 2.43. The maximum Gasteiger partial charge on any atom is 0.337 e. The van der Waals surface area contributed by atoms with Crippen LogP contribution in [0.2, 0.25) is 0 Å². The van der Waals surface area contributed by atoms with Gasteiger partial charge in [0.15, 0.2) is 12.4 Å². The number of nitrogens with zero attached hydrogens (tertiary/aromatic N) is 1. The van der Waals surface area contributed by atoms with Crippen LogP contribution in [0.1, 0.15) is 105 Å². The van der Waals surface area contributed by atoms with E-state index in [1.165, 1.54) is 12.8 Å². The zero-order valence-electron chi connectivity index (χ0n) is 27.6. The molecule has 0 aromatic carbocycles. The van der Waals surface area contributed by atoms with Crippen molar-refractivity contribution in [1.82, 2.24) is 5.32 Å². The predicted molar refractivity (Wildman–Crippen MR) is 177 cm³/mol. The van der Waals surface area contributed by atoms with Gasteiger partial charge in [-0.15, -0.1) is 24.0 Å². The molecule has 2 saturated carbocycles. The van der Waals surface area contributed by atoms with Crippen molar-refractivity contribution in [3.63, 3.8) is 0 Å². The van der Waals surface area contributed by atoms with E-state index in [0.29, 0.717) is 46.7 Å². The smallest absolute Gasteiger partial charge is 0.337 e. The monoisotopic (exact) mass is 820 g/mol. The highest BCUT2D eigenvalue weighted by Crippen LogP contribution is 2.42. The minimum absolute atomic E-state index is 0. The van der Waals surface area contributed by atoms with Gasteiger partial charge < -0.3 is 38.8 Å². The number of ether oxygens (including phenoxy) is 2. The summed E-state index contributed by atoms with van der Waals surface area (Å²) in [6.45, 7) is 17.2. The summed E-state index contributed by atoms with van der Waals surface area (Å²) in [5, 5.41) is 3.37. The van der Waals surface area contributed by atoms with Gasteiger partial charge in [0, 0.05) is 23.0 Å². The van der Waals surface area contributed by atoms with Gasteiger partial charge in [-0.05, 0) is 81.1 Å². The van der Waals surface area contributed by atoms with E-state index in [2.05, 4.69) is 46.9 Å². The Morgan fingerprint density at radius 1 is 0.837 bits per heavy atom. The fourth-order valence-corrected chi connectivity index (χ4v) is 7.55. The number of esters is 2. The van der Waals surface area contributed by atoms with Crippen LogP contribution in [-0.4, -0.2) is 24.1 Å². The van der Waals surface area contributed by atoms with Crippen LogP contribution in [-0.2, 0) is 26.1 Å². The molecule has 3 aliphatic rings. The molecule has 0 radical (unpaired) electrons. The Morgan fingerprint density at radius 2 is 1.28 bits per heavy atom. The van der Waals surface area contributed by atoms with Gasteiger partial charge >= 0.3 is 11.9 Å². The Bertz CT molecular complexity index is 1130. The van der Waals surface area contributed by atoms with Crippen LogP contribution >= 0.6 is 24.0 Å². The third-order valence-corrected chi connectivity index (χ3v) is 9.94. The Labute approximate surface area is 294 Å². The van der Waals surface area contributed by atoms with E-state index in [4.69, 9.17) is 9.47 Å². The fraction of sp³-hybridized carbons (Fsp3) is 0.686. The topological polar surface area (TPSA) is 68.5 Å². The van der Waals surface area contributed by atoms with E-state index < -0.39 is 5.92 Å². The number of hydrogen-bond acceptors (Lipinski definition) is 5. The number of rotatable bonds is 7. The average molecular weight is 821 g/mol. The number of allylic oxidation sites excluding steroid dienone is 2. The van der Waals surface area contributed by atoms with Crippen LogP contribution in [0.4, 0.5) is 0 Å². The van der Waals surface area contributed by atoms with E-state index >= 15 is 0 Å². The van der Waals surface area contributed by atoms with E-state index in [1.807, 2.05) is 50.0 Å². The minimum atomic E-state index is -0.569. The SMILES string of the molecule is CC1=C(C(=O)OC2CC(C)CCC2C(C)C)C(c2ccc[n+](C)c2)C(C(=O)OC2CC(C)CCC2C(C)C)=C(C)N1.I.[I-]. The first kappa shape index (κ1) is 38.0. The van der Waals surface area contributed by atoms with Crippen molar-refractivity contribution in [1.29, 1.82) is 0 Å². The average Bonchev–Trinajstić information content (AvgIpc) is 2.87. The summed E-state index contributed by atoms with van der Waals surface area (Å²) in [4.78, 5) is 28.3. The molecule has 0 saturated heterocycles. The van der Waals surface area contributed by atoms with Crippen molar-refractivity contribution in [3.8, 4) is 0 Å². The van der Waals surface area contributed by atoms with Gasteiger partial charge in [-0.2, -0.15) is 0 Å². The van der Waals surface area contributed by atoms with Crippen LogP contribution < -0.4 is 33.9 Å². The number of hydrogen-bond donors (Lipinski definition) is 1. The second-order valence-corrected chi connectivity index (χ2v) is 14.0. The lowest BCUT2D eigenvalue weighted by Crippen LogP contribution is -3.00. The molecule has 8 heteroatoms. The van der Waals surface area contributed by atoms with E-state index in [-0.39, 0.29) is 72.1 Å². The molecule has 0 bridgehead atoms. The highest BCUT2D eigenvalue weighted by atomic mass is 127. The first-order valence-electron chi connectivity index (χ1n) is 15.9. The van der Waals surface area contributed by atoms with Gasteiger partial charge in [0.05, 0.1) is 17.1 Å². The molecular formula is C35H54I2N2O4. The molecule has 2 aliphatic carbocycles. The number of pyridine rings is 1. The van der Waals surface area contributed by atoms with Crippen molar-refractivity contribution < 1.29 is 47.6 Å². The van der Waals surface area contributed by atoms with Crippen molar-refractivity contribution in [2.45, 2.75) is 112 Å². The maximum absolute atomic E-state index is 14.2. The van der Waals surface area contributed by atoms with Crippen molar-refractivity contribution in [2.24, 2.45) is 42.6 Å². The number of carbonyl (C=O) groups excluding carboxylic acids is 2. The summed E-state index contributed by atoms with van der Waals surface area (Å²) >= 11 is 0. The Balaban J connectivity index is 0.00000323. The van der Waals surface area contributed by atoms with Gasteiger partial charge in [0.1, 0.15) is 19.3 Å². The molecule has 43 heavy (non-hydrogen) atoms. The fourth-order valence-electron chi connectivity index (χ4n) is 7.55. The molecule has 6 unspecified atom stereocenters. The predicted octanol–water partition coefficient (Wildman–Crippen LogP) is 4.38. The van der Waals surface area contributed by atoms with Crippen LogP contribution in [0.5, 0.6) is 0 Å². The molecule has 6 nitrogen and oxygen atoms in total. The first-order valence-corrected chi connectivity index (χ1v) is 15.9. The van der Waals surface area contributed by atoms with Gasteiger partial charge in [-0.1, -0.05) is 54.4 Å². The Kier molecular flexibility index (Phi) is 14.5. The summed E-state index contributed by atoms with van der Waals surface area (Å²) in [6, 6.07) is 3.96. The number of nitrogens with one attached hydrogen (secondary N) is 1. The standard InChI is InChI=1S/C35H52N2O4.2HI/c1-20(2)27-14-12-22(5)17-29(27)40-34(38)31-24(7)36-25(8)32(33(31)26-11-10-16-37(9)19-26)35(39)41-30-18-23(6)13-15-28(30)21(3)4;;/h10-11,16,19-23,27-30,33H,12-15,17-18H2,1-9H3;2*1H. The maximum atomic E-state index is 14.2. The van der Waals surface area contributed by atoms with Gasteiger partial charge in [-0.3, -0.25) is 0 Å². The van der Waals surface area contributed by atoms with E-state index in [0.717, 1.165) is 42.6 Å². The van der Waals surface area contributed by atoms with Crippen molar-refractivity contribution in [2.75, 3.05) is 0 Å². The van der Waals surface area contributed by atoms with E-state index in [9.17, 15) is 9.59 Å². The van der Waals surface area contributed by atoms with Gasteiger partial charge in [0.25, 0.3) is 0 Å². The molecule has 0 amide bonds. The van der Waals surface area contributed by atoms with Crippen LogP contribution in [0.25, 0.3) is 0 Å². The zero-order valence-corrected chi connectivity index (χ0v) is 32.1. The lowest BCUT2D eigenvalue weighted by molar-refractivity contribution is -0.671. The van der Waals surface area contributed by atoms with Crippen LogP contribution in [0, 0.1) is 35.5 Å². The minimum Gasteiger partial charge on any atom is -1.00 e. The second-order valence-electron chi connectivity index (χ2n) is 14.0. The molecular weight excluding hydrogens is 766 g/mol. The molecule has 2 fully saturated rings. The summed E-state index contributed by atoms with van der Waals surface area (Å²) in [7, 11) is 1.96. The molecule has 2 heterocycles. The third kappa shape index (κ3) is 8.97. The lowest BCUT2D eigenvalue weighted by Gasteiger charge is -2.39. The number of aromatic nitrogens is 1. The van der Waals surface area contributed by atoms with Gasteiger partial charge in [0.2, 0.25) is 0 Å². The molecule has 4 rings (SSSR count). The second kappa shape index (κ2) is 16.4. The van der Waals surface area contributed by atoms with Crippen LogP contribution in [0.3, 0.4) is 0 Å². The summed E-state index contributed by atoms with van der Waals surface area (Å²) in [5.74, 6) is 1.34. The van der Waals surface area contributed by atoms with E-state index in [1.54, 1.807) is 0 Å². The quantitative estimate of drug-likeness (QED) is 0.252. The number of carbonyl (C=O) groups is 2. The third-order valence-electron chi connectivity index (χ3n) is 9.94. The Hall–Kier alpha value is -1.17. The molecule has 1 aliphatic heterocycles. The summed E-state index contributed by atoms with van der Waals surface area (Å²) in [6.07, 6.45) is 9.92. The first-order chi connectivity index (χ1) is 19.4. The number of dihydropyridines is 1. The lowest BCUT2D eigenvalue weighted by atomic mass is 9.75. The highest BCUT2D eigenvalue weighted by molar-refractivity contribution is 14.0. The van der Waals surface area contributed by atoms with Crippen molar-refractivity contribution >= 4 is 35.9 Å².